The molecule has 0 aliphatic carbocycles. The van der Waals surface area contributed by atoms with Gasteiger partial charge in [-0.15, -0.1) is 0 Å². The maximum atomic E-state index is 10.2. The number of hydrogen-bond donors (Lipinski definition) is 1. The van der Waals surface area contributed by atoms with E-state index in [1.807, 2.05) is 6.07 Å². The van der Waals surface area contributed by atoms with E-state index in [0.717, 1.165) is 25.0 Å². The molecular formula is C16H24O2. The lowest BCUT2D eigenvalue weighted by Crippen LogP contribution is -1.99. The smallest absolute Gasteiger partial charge is 0.0790 e. The van der Waals surface area contributed by atoms with Gasteiger partial charge < -0.3 is 9.84 Å². The Morgan fingerprint density at radius 1 is 1.11 bits per heavy atom. The molecule has 0 fully saturated rings. The molecule has 0 amide bonds. The molecule has 1 aliphatic heterocycles. The SMILES string of the molecule is CCCCCCCC(O)c1ccc2c(c1)COC2. The molecule has 100 valence electrons. The molecule has 2 nitrogen and oxygen atoms in total. The third-order valence-corrected chi connectivity index (χ3v) is 3.71. The number of unbranched alkanes of at least 4 members (excludes halogenated alkanes) is 4. The van der Waals surface area contributed by atoms with E-state index in [9.17, 15) is 5.11 Å². The lowest BCUT2D eigenvalue weighted by molar-refractivity contribution is 0.134. The maximum Gasteiger partial charge on any atom is 0.0790 e. The van der Waals surface area contributed by atoms with Crippen molar-refractivity contribution < 1.29 is 9.84 Å². The quantitative estimate of drug-likeness (QED) is 0.736. The molecular weight excluding hydrogens is 224 g/mol. The van der Waals surface area contributed by atoms with Gasteiger partial charge in [0.1, 0.15) is 0 Å². The van der Waals surface area contributed by atoms with Gasteiger partial charge in [-0.1, -0.05) is 57.2 Å². The fraction of sp³-hybridized carbons (Fsp3) is 0.625. The average Bonchev–Trinajstić information content (AvgIpc) is 2.85. The van der Waals surface area contributed by atoms with Crippen molar-refractivity contribution in [2.24, 2.45) is 0 Å². The first kappa shape index (κ1) is 13.6. The zero-order chi connectivity index (χ0) is 12.8. The van der Waals surface area contributed by atoms with E-state index >= 15 is 0 Å². The Balaban J connectivity index is 1.80. The van der Waals surface area contributed by atoms with Crippen LogP contribution in [0.3, 0.4) is 0 Å². The van der Waals surface area contributed by atoms with E-state index in [1.54, 1.807) is 0 Å². The number of aliphatic hydroxyl groups is 1. The van der Waals surface area contributed by atoms with Crippen LogP contribution in [0.5, 0.6) is 0 Å². The first-order valence-corrected chi connectivity index (χ1v) is 7.18. The normalized spacial score (nSPS) is 15.7. The van der Waals surface area contributed by atoms with Crippen molar-refractivity contribution in [3.05, 3.63) is 34.9 Å². The lowest BCUT2D eigenvalue weighted by atomic mass is 9.99. The van der Waals surface area contributed by atoms with Gasteiger partial charge >= 0.3 is 0 Å². The molecule has 0 aromatic heterocycles. The molecule has 1 unspecified atom stereocenters. The summed E-state index contributed by atoms with van der Waals surface area (Å²) in [6.45, 7) is 3.65. The fourth-order valence-corrected chi connectivity index (χ4v) is 2.51. The summed E-state index contributed by atoms with van der Waals surface area (Å²) in [7, 11) is 0. The van der Waals surface area contributed by atoms with Crippen LogP contribution in [0.4, 0.5) is 0 Å². The molecule has 1 atom stereocenters. The molecule has 0 spiro atoms. The van der Waals surface area contributed by atoms with Gasteiger partial charge in [0.25, 0.3) is 0 Å². The molecule has 1 aromatic rings. The van der Waals surface area contributed by atoms with Gasteiger partial charge in [0.05, 0.1) is 19.3 Å². The summed E-state index contributed by atoms with van der Waals surface area (Å²) in [6, 6.07) is 6.25. The van der Waals surface area contributed by atoms with Gasteiger partial charge in [-0.3, -0.25) is 0 Å². The monoisotopic (exact) mass is 248 g/mol. The third-order valence-electron chi connectivity index (χ3n) is 3.71. The second-order valence-electron chi connectivity index (χ2n) is 5.24. The number of benzene rings is 1. The van der Waals surface area contributed by atoms with Gasteiger partial charge in [-0.25, -0.2) is 0 Å². The van der Waals surface area contributed by atoms with Crippen LogP contribution in [-0.4, -0.2) is 5.11 Å². The topological polar surface area (TPSA) is 29.5 Å². The highest BCUT2D eigenvalue weighted by molar-refractivity contribution is 5.34. The van der Waals surface area contributed by atoms with Gasteiger partial charge in [0, 0.05) is 0 Å². The van der Waals surface area contributed by atoms with E-state index < -0.39 is 0 Å². The number of aliphatic hydroxyl groups excluding tert-OH is 1. The summed E-state index contributed by atoms with van der Waals surface area (Å²) in [5.41, 5.74) is 3.57. The molecule has 0 saturated heterocycles. The van der Waals surface area contributed by atoms with E-state index in [0.29, 0.717) is 6.61 Å². The summed E-state index contributed by atoms with van der Waals surface area (Å²) in [6.07, 6.45) is 6.80. The molecule has 2 heteroatoms. The van der Waals surface area contributed by atoms with Crippen molar-refractivity contribution in [2.75, 3.05) is 0 Å². The Hall–Kier alpha value is -0.860. The highest BCUT2D eigenvalue weighted by Crippen LogP contribution is 2.26. The Bertz CT molecular complexity index is 373. The molecule has 18 heavy (non-hydrogen) atoms. The minimum atomic E-state index is -0.308. The van der Waals surface area contributed by atoms with Crippen molar-refractivity contribution in [3.8, 4) is 0 Å². The van der Waals surface area contributed by atoms with Gasteiger partial charge in [-0.05, 0) is 23.1 Å². The largest absolute Gasteiger partial charge is 0.388 e. The number of hydrogen-bond acceptors (Lipinski definition) is 2. The van der Waals surface area contributed by atoms with Gasteiger partial charge in [-0.2, -0.15) is 0 Å². The van der Waals surface area contributed by atoms with Crippen LogP contribution in [0, 0.1) is 0 Å². The zero-order valence-electron chi connectivity index (χ0n) is 11.3. The van der Waals surface area contributed by atoms with Crippen molar-refractivity contribution in [1.29, 1.82) is 0 Å². The number of fused-ring (bicyclic) bond motifs is 1. The van der Waals surface area contributed by atoms with Crippen LogP contribution in [0.15, 0.2) is 18.2 Å². The van der Waals surface area contributed by atoms with Crippen LogP contribution in [-0.2, 0) is 18.0 Å². The lowest BCUT2D eigenvalue weighted by Gasteiger charge is -2.12. The van der Waals surface area contributed by atoms with Crippen molar-refractivity contribution in [3.63, 3.8) is 0 Å². The van der Waals surface area contributed by atoms with Crippen molar-refractivity contribution in [1.82, 2.24) is 0 Å². The summed E-state index contributed by atoms with van der Waals surface area (Å²) in [4.78, 5) is 0. The Morgan fingerprint density at radius 2 is 1.89 bits per heavy atom. The van der Waals surface area contributed by atoms with Crippen LogP contribution in [0.25, 0.3) is 0 Å². The third kappa shape index (κ3) is 3.56. The molecule has 1 N–H and O–H groups in total. The Kier molecular flexibility index (Phi) is 5.21. The first-order chi connectivity index (χ1) is 8.81. The molecule has 0 radical (unpaired) electrons. The second-order valence-corrected chi connectivity index (χ2v) is 5.24. The highest BCUT2D eigenvalue weighted by Gasteiger charge is 2.14. The number of ether oxygens (including phenoxy) is 1. The predicted molar refractivity (Wildman–Crippen MR) is 73.3 cm³/mol. The Morgan fingerprint density at radius 3 is 2.72 bits per heavy atom. The summed E-state index contributed by atoms with van der Waals surface area (Å²) < 4.78 is 5.39. The molecule has 1 aromatic carbocycles. The van der Waals surface area contributed by atoms with Crippen LogP contribution < -0.4 is 0 Å². The number of rotatable bonds is 7. The van der Waals surface area contributed by atoms with Crippen LogP contribution in [0.1, 0.15) is 68.2 Å². The van der Waals surface area contributed by atoms with E-state index in [-0.39, 0.29) is 6.10 Å². The minimum absolute atomic E-state index is 0.308. The molecule has 1 heterocycles. The highest BCUT2D eigenvalue weighted by atomic mass is 16.5. The molecule has 0 bridgehead atoms. The van der Waals surface area contributed by atoms with Crippen LogP contribution >= 0.6 is 0 Å². The standard InChI is InChI=1S/C16H24O2/c1-2-3-4-5-6-7-16(17)13-8-9-14-11-18-12-15(14)10-13/h8-10,16-17H,2-7,11-12H2,1H3. The maximum absolute atomic E-state index is 10.2. The fourth-order valence-electron chi connectivity index (χ4n) is 2.51. The predicted octanol–water partition coefficient (Wildman–Crippen LogP) is 4.11. The second kappa shape index (κ2) is 6.91. The van der Waals surface area contributed by atoms with Gasteiger partial charge in [0.15, 0.2) is 0 Å². The summed E-state index contributed by atoms with van der Waals surface area (Å²) >= 11 is 0. The summed E-state index contributed by atoms with van der Waals surface area (Å²) in [5.74, 6) is 0. The van der Waals surface area contributed by atoms with E-state index in [4.69, 9.17) is 4.74 Å². The zero-order valence-corrected chi connectivity index (χ0v) is 11.3. The van der Waals surface area contributed by atoms with Crippen LogP contribution in [0.2, 0.25) is 0 Å². The molecule has 0 saturated carbocycles. The first-order valence-electron chi connectivity index (χ1n) is 7.18. The molecule has 2 rings (SSSR count). The minimum Gasteiger partial charge on any atom is -0.388 e. The van der Waals surface area contributed by atoms with Crippen molar-refractivity contribution in [2.45, 2.75) is 64.8 Å². The average molecular weight is 248 g/mol. The van der Waals surface area contributed by atoms with Gasteiger partial charge in [0.2, 0.25) is 0 Å². The molecule has 1 aliphatic rings. The summed E-state index contributed by atoms with van der Waals surface area (Å²) in [5, 5.41) is 10.2. The van der Waals surface area contributed by atoms with E-state index in [2.05, 4.69) is 19.1 Å². The Labute approximate surface area is 110 Å². The van der Waals surface area contributed by atoms with Crippen molar-refractivity contribution >= 4 is 0 Å². The van der Waals surface area contributed by atoms with E-state index in [1.165, 1.54) is 36.8 Å².